The lowest BCUT2D eigenvalue weighted by atomic mass is 9.90. The van der Waals surface area contributed by atoms with Gasteiger partial charge in [-0.3, -0.25) is 4.40 Å². The second-order valence-electron chi connectivity index (χ2n) is 8.50. The molecule has 0 bridgehead atoms. The van der Waals surface area contributed by atoms with Gasteiger partial charge in [0.25, 0.3) is 0 Å². The van der Waals surface area contributed by atoms with E-state index < -0.39 is 6.10 Å². The van der Waals surface area contributed by atoms with E-state index in [0.29, 0.717) is 10.0 Å². The van der Waals surface area contributed by atoms with Gasteiger partial charge in [-0.1, -0.05) is 53.5 Å². The highest BCUT2D eigenvalue weighted by Crippen LogP contribution is 2.42. The minimum Gasteiger partial charge on any atom is -0.382 e. The number of fused-ring (bicyclic) bond motifs is 3. The van der Waals surface area contributed by atoms with Gasteiger partial charge in [-0.2, -0.15) is 0 Å². The summed E-state index contributed by atoms with van der Waals surface area (Å²) in [6, 6.07) is 21.6. The standard InChI is InChI=1S/C28H20Cl2N4O/c1-33-16-31-15-24(33)27(35)19-7-10-23-22(14-19)25(18-3-2-4-21(30)13-18)26(28-32-11-12-34(23)28)17-5-8-20(29)9-6-17/h2-16,27,35H,1H3. The third kappa shape index (κ3) is 3.69. The number of rotatable bonds is 4. The number of hydrogen-bond acceptors (Lipinski definition) is 3. The maximum absolute atomic E-state index is 11.2. The number of hydrogen-bond donors (Lipinski definition) is 1. The Morgan fingerprint density at radius 1 is 0.886 bits per heavy atom. The fraction of sp³-hybridized carbons (Fsp3) is 0.0714. The minimum absolute atomic E-state index is 0.645. The number of imidazole rings is 2. The fourth-order valence-corrected chi connectivity index (χ4v) is 5.02. The summed E-state index contributed by atoms with van der Waals surface area (Å²) >= 11 is 12.7. The van der Waals surface area contributed by atoms with Crippen LogP contribution in [0.3, 0.4) is 0 Å². The topological polar surface area (TPSA) is 55.3 Å². The molecule has 6 aromatic rings. The Morgan fingerprint density at radius 2 is 1.71 bits per heavy atom. The Hall–Kier alpha value is -3.64. The summed E-state index contributed by atoms with van der Waals surface area (Å²) < 4.78 is 3.90. The minimum atomic E-state index is -0.823. The lowest BCUT2D eigenvalue weighted by molar-refractivity contribution is 0.211. The van der Waals surface area contributed by atoms with Crippen LogP contribution >= 0.6 is 23.2 Å². The van der Waals surface area contributed by atoms with Gasteiger partial charge in [0.05, 0.1) is 23.7 Å². The summed E-state index contributed by atoms with van der Waals surface area (Å²) in [5.41, 5.74) is 7.20. The highest BCUT2D eigenvalue weighted by Gasteiger charge is 2.21. The van der Waals surface area contributed by atoms with Crippen LogP contribution in [0.2, 0.25) is 10.0 Å². The van der Waals surface area contributed by atoms with Gasteiger partial charge in [0, 0.05) is 46.0 Å². The van der Waals surface area contributed by atoms with E-state index in [0.717, 1.165) is 50.1 Å². The van der Waals surface area contributed by atoms with Gasteiger partial charge in [-0.05, 0) is 53.1 Å². The van der Waals surface area contributed by atoms with Crippen LogP contribution in [0.1, 0.15) is 17.4 Å². The molecule has 0 fully saturated rings. The van der Waals surface area contributed by atoms with E-state index in [-0.39, 0.29) is 0 Å². The predicted octanol–water partition coefficient (Wildman–Crippen LogP) is 6.94. The molecular weight excluding hydrogens is 479 g/mol. The van der Waals surface area contributed by atoms with E-state index in [2.05, 4.69) is 9.38 Å². The summed E-state index contributed by atoms with van der Waals surface area (Å²) in [6.45, 7) is 0. The van der Waals surface area contributed by atoms with Gasteiger partial charge in [0.1, 0.15) is 11.8 Å². The van der Waals surface area contributed by atoms with E-state index in [1.807, 2.05) is 84.5 Å². The zero-order valence-electron chi connectivity index (χ0n) is 18.7. The average molecular weight is 499 g/mol. The van der Waals surface area contributed by atoms with Crippen LogP contribution < -0.4 is 0 Å². The molecule has 0 radical (unpaired) electrons. The Labute approximate surface area is 211 Å². The molecule has 5 nitrogen and oxygen atoms in total. The molecule has 1 unspecified atom stereocenters. The molecule has 1 atom stereocenters. The second-order valence-corrected chi connectivity index (χ2v) is 9.37. The maximum atomic E-state index is 11.2. The summed E-state index contributed by atoms with van der Waals surface area (Å²) in [6.07, 6.45) is 6.30. The Morgan fingerprint density at radius 3 is 2.46 bits per heavy atom. The first-order valence-electron chi connectivity index (χ1n) is 11.1. The molecular formula is C28H20Cl2N4O. The molecule has 3 heterocycles. The molecule has 0 aliphatic heterocycles. The lowest BCUT2D eigenvalue weighted by Gasteiger charge is -2.19. The number of pyridine rings is 1. The number of benzene rings is 3. The number of aliphatic hydroxyl groups excluding tert-OH is 1. The molecule has 0 amide bonds. The van der Waals surface area contributed by atoms with Crippen LogP contribution in [-0.4, -0.2) is 24.0 Å². The predicted molar refractivity (Wildman–Crippen MR) is 141 cm³/mol. The van der Waals surface area contributed by atoms with Crippen molar-refractivity contribution >= 4 is 39.8 Å². The molecule has 3 aromatic carbocycles. The quantitative estimate of drug-likeness (QED) is 0.286. The monoisotopic (exact) mass is 498 g/mol. The van der Waals surface area contributed by atoms with Crippen molar-refractivity contribution in [3.63, 3.8) is 0 Å². The van der Waals surface area contributed by atoms with Crippen molar-refractivity contribution in [1.82, 2.24) is 18.9 Å². The van der Waals surface area contributed by atoms with E-state index >= 15 is 0 Å². The van der Waals surface area contributed by atoms with Gasteiger partial charge in [-0.15, -0.1) is 0 Å². The van der Waals surface area contributed by atoms with Gasteiger partial charge in [0.2, 0.25) is 0 Å². The van der Waals surface area contributed by atoms with Crippen molar-refractivity contribution in [1.29, 1.82) is 0 Å². The highest BCUT2D eigenvalue weighted by atomic mass is 35.5. The first-order chi connectivity index (χ1) is 17.0. The third-order valence-corrected chi connectivity index (χ3v) is 6.85. The highest BCUT2D eigenvalue weighted by molar-refractivity contribution is 6.31. The van der Waals surface area contributed by atoms with Crippen LogP contribution in [0.25, 0.3) is 38.8 Å². The van der Waals surface area contributed by atoms with Crippen molar-refractivity contribution < 1.29 is 5.11 Å². The van der Waals surface area contributed by atoms with E-state index in [4.69, 9.17) is 28.2 Å². The normalized spacial score (nSPS) is 12.5. The van der Waals surface area contributed by atoms with Crippen molar-refractivity contribution in [2.24, 2.45) is 7.05 Å². The summed E-state index contributed by atoms with van der Waals surface area (Å²) in [4.78, 5) is 8.89. The maximum Gasteiger partial charge on any atom is 0.145 e. The number of halogens is 2. The zero-order valence-corrected chi connectivity index (χ0v) is 20.2. The summed E-state index contributed by atoms with van der Waals surface area (Å²) in [5, 5.41) is 13.5. The van der Waals surface area contributed by atoms with Crippen molar-refractivity contribution in [3.05, 3.63) is 113 Å². The molecule has 0 aliphatic rings. The van der Waals surface area contributed by atoms with Crippen LogP contribution in [0, 0.1) is 0 Å². The largest absolute Gasteiger partial charge is 0.382 e. The summed E-state index contributed by atoms with van der Waals surface area (Å²) in [7, 11) is 1.87. The summed E-state index contributed by atoms with van der Waals surface area (Å²) in [5.74, 6) is 0. The smallest absolute Gasteiger partial charge is 0.145 e. The number of nitrogens with zero attached hydrogens (tertiary/aromatic N) is 4. The van der Waals surface area contributed by atoms with Crippen LogP contribution in [0.5, 0.6) is 0 Å². The second kappa shape index (κ2) is 8.54. The van der Waals surface area contributed by atoms with Crippen LogP contribution in [0.4, 0.5) is 0 Å². The molecule has 3 aromatic heterocycles. The van der Waals surface area contributed by atoms with Gasteiger partial charge < -0.3 is 9.67 Å². The Balaban J connectivity index is 1.73. The van der Waals surface area contributed by atoms with E-state index in [1.165, 1.54) is 0 Å². The van der Waals surface area contributed by atoms with Crippen LogP contribution in [0.15, 0.2) is 91.6 Å². The first-order valence-corrected chi connectivity index (χ1v) is 11.9. The van der Waals surface area contributed by atoms with Crippen molar-refractivity contribution in [2.75, 3.05) is 0 Å². The Bertz CT molecular complexity index is 1700. The molecule has 0 spiro atoms. The number of aryl methyl sites for hydroxylation is 1. The molecule has 0 aliphatic carbocycles. The molecule has 0 saturated heterocycles. The van der Waals surface area contributed by atoms with Crippen molar-refractivity contribution in [2.45, 2.75) is 6.10 Å². The van der Waals surface area contributed by atoms with E-state index in [1.54, 1.807) is 18.7 Å². The number of aliphatic hydroxyl groups is 1. The first kappa shape index (κ1) is 21.9. The molecule has 7 heteroatoms. The van der Waals surface area contributed by atoms with Gasteiger partial charge >= 0.3 is 0 Å². The van der Waals surface area contributed by atoms with Gasteiger partial charge in [-0.25, -0.2) is 9.97 Å². The Kier molecular flexibility index (Phi) is 5.33. The lowest BCUT2D eigenvalue weighted by Crippen LogP contribution is -2.06. The third-order valence-electron chi connectivity index (χ3n) is 6.36. The molecule has 172 valence electrons. The van der Waals surface area contributed by atoms with Crippen LogP contribution in [-0.2, 0) is 7.05 Å². The molecule has 1 N–H and O–H groups in total. The average Bonchev–Trinajstić information content (AvgIpc) is 3.52. The van der Waals surface area contributed by atoms with Gasteiger partial charge in [0.15, 0.2) is 0 Å². The van der Waals surface area contributed by atoms with Crippen molar-refractivity contribution in [3.8, 4) is 22.3 Å². The molecule has 35 heavy (non-hydrogen) atoms. The zero-order chi connectivity index (χ0) is 24.1. The number of aromatic nitrogens is 4. The molecule has 0 saturated carbocycles. The SMILES string of the molecule is Cn1cncc1C(O)c1ccc2c(c1)c(-c1cccc(Cl)c1)c(-c1ccc(Cl)cc1)c1nccn12. The fourth-order valence-electron chi connectivity index (χ4n) is 4.70. The molecule has 6 rings (SSSR count). The van der Waals surface area contributed by atoms with E-state index in [9.17, 15) is 5.11 Å².